The second-order valence-corrected chi connectivity index (χ2v) is 5.58. The molecule has 1 atom stereocenters. The van der Waals surface area contributed by atoms with E-state index in [0.717, 1.165) is 51.5 Å². The Morgan fingerprint density at radius 3 is 2.55 bits per heavy atom. The minimum atomic E-state index is -0.542. The van der Waals surface area contributed by atoms with Gasteiger partial charge in [0, 0.05) is 37.8 Å². The van der Waals surface area contributed by atoms with Gasteiger partial charge in [-0.15, -0.1) is 0 Å². The molecule has 1 aromatic rings. The van der Waals surface area contributed by atoms with E-state index in [4.69, 9.17) is 11.6 Å². The Bertz CT molecular complexity index is 448. The smallest absolute Gasteiger partial charge is 0.142 e. The molecule has 20 heavy (non-hydrogen) atoms. The maximum absolute atomic E-state index is 14.2. The van der Waals surface area contributed by atoms with Crippen LogP contribution in [-0.2, 0) is 0 Å². The van der Waals surface area contributed by atoms with Crippen molar-refractivity contribution in [3.05, 3.63) is 34.4 Å². The van der Waals surface area contributed by atoms with Gasteiger partial charge in [0.15, 0.2) is 0 Å². The molecule has 0 aliphatic carbocycles. The summed E-state index contributed by atoms with van der Waals surface area (Å²) in [5, 5.41) is 3.21. The van der Waals surface area contributed by atoms with E-state index < -0.39 is 11.6 Å². The molecular weight excluding hydrogens is 282 g/mol. The van der Waals surface area contributed by atoms with E-state index >= 15 is 0 Å². The number of nitrogens with zero attached hydrogens (tertiary/aromatic N) is 1. The predicted octanol–water partition coefficient (Wildman–Crippen LogP) is 3.75. The van der Waals surface area contributed by atoms with Crippen molar-refractivity contribution in [2.45, 2.75) is 32.2 Å². The molecule has 0 bridgehead atoms. The molecule has 1 aliphatic rings. The summed E-state index contributed by atoms with van der Waals surface area (Å²) in [5.41, 5.74) is 0.321. The zero-order valence-corrected chi connectivity index (χ0v) is 12.5. The van der Waals surface area contributed by atoms with Crippen LogP contribution in [0, 0.1) is 11.6 Å². The predicted molar refractivity (Wildman–Crippen MR) is 78.1 cm³/mol. The second kappa shape index (κ2) is 7.34. The summed E-state index contributed by atoms with van der Waals surface area (Å²) in [6, 6.07) is 2.13. The highest BCUT2D eigenvalue weighted by atomic mass is 35.5. The van der Waals surface area contributed by atoms with Crippen molar-refractivity contribution in [2.24, 2.45) is 0 Å². The average Bonchev–Trinajstić information content (AvgIpc) is 2.47. The van der Waals surface area contributed by atoms with Crippen LogP contribution in [-0.4, -0.2) is 31.1 Å². The number of unbranched alkanes of at least 4 members (excludes halogenated alkanes) is 1. The minimum Gasteiger partial charge on any atom is -0.314 e. The van der Waals surface area contributed by atoms with Gasteiger partial charge in [0.05, 0.1) is 5.02 Å². The third-order valence-electron chi connectivity index (χ3n) is 3.84. The van der Waals surface area contributed by atoms with Gasteiger partial charge in [-0.3, -0.25) is 4.90 Å². The molecule has 0 saturated carbocycles. The first kappa shape index (κ1) is 15.7. The molecule has 5 heteroatoms. The fourth-order valence-electron chi connectivity index (χ4n) is 2.75. The average molecular weight is 303 g/mol. The quantitative estimate of drug-likeness (QED) is 0.833. The molecule has 0 aromatic heterocycles. The summed E-state index contributed by atoms with van der Waals surface area (Å²) in [5.74, 6) is -0.948. The van der Waals surface area contributed by atoms with E-state index in [-0.39, 0.29) is 11.1 Å². The Labute approximate surface area is 124 Å². The van der Waals surface area contributed by atoms with E-state index in [2.05, 4.69) is 17.1 Å². The number of hydrogen-bond donors (Lipinski definition) is 1. The zero-order valence-electron chi connectivity index (χ0n) is 11.8. The Morgan fingerprint density at radius 1 is 1.25 bits per heavy atom. The number of halogens is 3. The molecule has 2 nitrogen and oxygen atoms in total. The summed E-state index contributed by atoms with van der Waals surface area (Å²) in [6.07, 6.45) is 2.80. The zero-order chi connectivity index (χ0) is 14.5. The molecule has 2 rings (SSSR count). The van der Waals surface area contributed by atoms with Crippen LogP contribution in [0.25, 0.3) is 0 Å². The second-order valence-electron chi connectivity index (χ2n) is 5.20. The summed E-state index contributed by atoms with van der Waals surface area (Å²) < 4.78 is 27.8. The van der Waals surface area contributed by atoms with Crippen LogP contribution >= 0.6 is 11.6 Å². The van der Waals surface area contributed by atoms with Crippen LogP contribution in [0.1, 0.15) is 37.8 Å². The van der Waals surface area contributed by atoms with Crippen molar-refractivity contribution >= 4 is 11.6 Å². The van der Waals surface area contributed by atoms with E-state index in [1.807, 2.05) is 0 Å². The molecule has 1 aliphatic heterocycles. The van der Waals surface area contributed by atoms with Crippen molar-refractivity contribution < 1.29 is 8.78 Å². The Hall–Kier alpha value is -0.710. The topological polar surface area (TPSA) is 15.3 Å². The van der Waals surface area contributed by atoms with Crippen LogP contribution in [0.4, 0.5) is 8.78 Å². The van der Waals surface area contributed by atoms with Gasteiger partial charge in [-0.2, -0.15) is 0 Å². The SMILES string of the molecule is CCCC[C@H](c1c(F)ccc(F)c1Cl)N1CCNCC1. The molecule has 0 amide bonds. The summed E-state index contributed by atoms with van der Waals surface area (Å²) in [7, 11) is 0. The third kappa shape index (κ3) is 3.48. The highest BCUT2D eigenvalue weighted by Gasteiger charge is 2.27. The molecule has 112 valence electrons. The minimum absolute atomic E-state index is 0.0652. The summed E-state index contributed by atoms with van der Waals surface area (Å²) in [4.78, 5) is 2.20. The molecule has 1 saturated heterocycles. The van der Waals surface area contributed by atoms with Gasteiger partial charge in [-0.05, 0) is 18.6 Å². The van der Waals surface area contributed by atoms with Crippen LogP contribution < -0.4 is 5.32 Å². The van der Waals surface area contributed by atoms with E-state index in [1.54, 1.807) is 0 Å². The maximum atomic E-state index is 14.2. The van der Waals surface area contributed by atoms with Gasteiger partial charge in [-0.1, -0.05) is 31.4 Å². The monoisotopic (exact) mass is 302 g/mol. The normalized spacial score (nSPS) is 18.2. The van der Waals surface area contributed by atoms with Crippen LogP contribution in [0.15, 0.2) is 12.1 Å². The lowest BCUT2D eigenvalue weighted by Gasteiger charge is -2.36. The molecule has 1 fully saturated rings. The fraction of sp³-hybridized carbons (Fsp3) is 0.600. The van der Waals surface area contributed by atoms with Gasteiger partial charge in [-0.25, -0.2) is 8.78 Å². The Kier molecular flexibility index (Phi) is 5.75. The number of rotatable bonds is 5. The molecule has 0 unspecified atom stereocenters. The fourth-order valence-corrected chi connectivity index (χ4v) is 3.03. The number of hydrogen-bond acceptors (Lipinski definition) is 2. The Morgan fingerprint density at radius 2 is 1.90 bits per heavy atom. The van der Waals surface area contributed by atoms with Crippen molar-refractivity contribution in [3.63, 3.8) is 0 Å². The molecule has 1 aromatic carbocycles. The van der Waals surface area contributed by atoms with Gasteiger partial charge in [0.2, 0.25) is 0 Å². The van der Waals surface area contributed by atoms with Crippen molar-refractivity contribution in [2.75, 3.05) is 26.2 Å². The molecule has 0 radical (unpaired) electrons. The maximum Gasteiger partial charge on any atom is 0.142 e. The molecule has 0 spiro atoms. The first-order valence-electron chi connectivity index (χ1n) is 7.23. The van der Waals surface area contributed by atoms with Gasteiger partial charge in [0.1, 0.15) is 11.6 Å². The standard InChI is InChI=1S/C15H21ClF2N2/c1-2-3-4-13(20-9-7-19-8-10-20)14-11(17)5-6-12(18)15(14)16/h5-6,13,19H,2-4,7-10H2,1H3/t13-/m1/s1. The van der Waals surface area contributed by atoms with Crippen molar-refractivity contribution in [1.29, 1.82) is 0 Å². The number of nitrogens with one attached hydrogen (secondary N) is 1. The third-order valence-corrected chi connectivity index (χ3v) is 4.22. The number of benzene rings is 1. The highest BCUT2D eigenvalue weighted by molar-refractivity contribution is 6.31. The molecule has 1 heterocycles. The molecular formula is C15H21ClF2N2. The van der Waals surface area contributed by atoms with Gasteiger partial charge < -0.3 is 5.32 Å². The van der Waals surface area contributed by atoms with Crippen LogP contribution in [0.3, 0.4) is 0 Å². The van der Waals surface area contributed by atoms with E-state index in [9.17, 15) is 8.78 Å². The van der Waals surface area contributed by atoms with Gasteiger partial charge in [0.25, 0.3) is 0 Å². The lowest BCUT2D eigenvalue weighted by Crippen LogP contribution is -2.45. The first-order valence-corrected chi connectivity index (χ1v) is 7.61. The van der Waals surface area contributed by atoms with E-state index in [0.29, 0.717) is 5.56 Å². The summed E-state index contributed by atoms with van der Waals surface area (Å²) >= 11 is 6.03. The molecule has 1 N–H and O–H groups in total. The van der Waals surface area contributed by atoms with E-state index in [1.165, 1.54) is 6.07 Å². The largest absolute Gasteiger partial charge is 0.314 e. The van der Waals surface area contributed by atoms with Crippen LogP contribution in [0.5, 0.6) is 0 Å². The lowest BCUT2D eigenvalue weighted by atomic mass is 9.98. The van der Waals surface area contributed by atoms with Crippen LogP contribution in [0.2, 0.25) is 5.02 Å². The number of piperazine rings is 1. The van der Waals surface area contributed by atoms with Crippen molar-refractivity contribution in [1.82, 2.24) is 10.2 Å². The lowest BCUT2D eigenvalue weighted by molar-refractivity contribution is 0.160. The first-order chi connectivity index (χ1) is 9.65. The van der Waals surface area contributed by atoms with Gasteiger partial charge >= 0.3 is 0 Å². The Balaban J connectivity index is 2.32. The van der Waals surface area contributed by atoms with Crippen molar-refractivity contribution in [3.8, 4) is 0 Å². The highest BCUT2D eigenvalue weighted by Crippen LogP contribution is 2.35. The summed E-state index contributed by atoms with van der Waals surface area (Å²) in [6.45, 7) is 5.51.